The van der Waals surface area contributed by atoms with Crippen molar-refractivity contribution in [2.45, 2.75) is 20.4 Å². The SMILES string of the molecule is CCOc1ncnc(NCc2ccc(C#N)cc2)c1C. The third kappa shape index (κ3) is 3.23. The Hall–Kier alpha value is -2.61. The van der Waals surface area contributed by atoms with E-state index in [0.717, 1.165) is 16.9 Å². The Morgan fingerprint density at radius 3 is 2.65 bits per heavy atom. The maximum absolute atomic E-state index is 8.76. The highest BCUT2D eigenvalue weighted by Gasteiger charge is 2.07. The van der Waals surface area contributed by atoms with E-state index in [1.54, 1.807) is 12.1 Å². The van der Waals surface area contributed by atoms with Crippen LogP contribution in [0.2, 0.25) is 0 Å². The van der Waals surface area contributed by atoms with E-state index in [1.165, 1.54) is 6.33 Å². The van der Waals surface area contributed by atoms with Gasteiger partial charge in [-0.2, -0.15) is 5.26 Å². The van der Waals surface area contributed by atoms with E-state index in [0.29, 0.717) is 24.6 Å². The highest BCUT2D eigenvalue weighted by atomic mass is 16.5. The number of anilines is 1. The molecule has 0 radical (unpaired) electrons. The van der Waals surface area contributed by atoms with Crippen LogP contribution in [0.1, 0.15) is 23.6 Å². The fourth-order valence-corrected chi connectivity index (χ4v) is 1.78. The summed E-state index contributed by atoms with van der Waals surface area (Å²) in [5.41, 5.74) is 2.63. The monoisotopic (exact) mass is 268 g/mol. The highest BCUT2D eigenvalue weighted by Crippen LogP contribution is 2.20. The largest absolute Gasteiger partial charge is 0.478 e. The molecule has 1 heterocycles. The zero-order valence-electron chi connectivity index (χ0n) is 11.6. The molecule has 1 aromatic carbocycles. The average Bonchev–Trinajstić information content (AvgIpc) is 2.49. The van der Waals surface area contributed by atoms with Crippen LogP contribution < -0.4 is 10.1 Å². The third-order valence-corrected chi connectivity index (χ3v) is 2.86. The molecular weight excluding hydrogens is 252 g/mol. The first-order valence-electron chi connectivity index (χ1n) is 6.42. The molecule has 0 aliphatic carbocycles. The maximum Gasteiger partial charge on any atom is 0.221 e. The maximum atomic E-state index is 8.76. The van der Waals surface area contributed by atoms with Gasteiger partial charge < -0.3 is 10.1 Å². The molecule has 2 rings (SSSR count). The van der Waals surface area contributed by atoms with Crippen molar-refractivity contribution < 1.29 is 4.74 Å². The third-order valence-electron chi connectivity index (χ3n) is 2.86. The Balaban J connectivity index is 2.06. The smallest absolute Gasteiger partial charge is 0.221 e. The van der Waals surface area contributed by atoms with Gasteiger partial charge in [-0.1, -0.05) is 12.1 Å². The van der Waals surface area contributed by atoms with Crippen LogP contribution >= 0.6 is 0 Å². The van der Waals surface area contributed by atoms with Crippen LogP contribution in [-0.2, 0) is 6.54 Å². The molecule has 0 spiro atoms. The summed E-state index contributed by atoms with van der Waals surface area (Å²) in [5, 5.41) is 12.0. The van der Waals surface area contributed by atoms with E-state index >= 15 is 0 Å². The van der Waals surface area contributed by atoms with Crippen LogP contribution in [0.5, 0.6) is 5.88 Å². The van der Waals surface area contributed by atoms with Gasteiger partial charge >= 0.3 is 0 Å². The Morgan fingerprint density at radius 2 is 2.00 bits per heavy atom. The summed E-state index contributed by atoms with van der Waals surface area (Å²) < 4.78 is 5.43. The summed E-state index contributed by atoms with van der Waals surface area (Å²) >= 11 is 0. The van der Waals surface area contributed by atoms with Gasteiger partial charge in [0.05, 0.1) is 23.8 Å². The van der Waals surface area contributed by atoms with Crippen molar-refractivity contribution in [3.8, 4) is 11.9 Å². The second kappa shape index (κ2) is 6.53. The van der Waals surface area contributed by atoms with Gasteiger partial charge in [-0.05, 0) is 31.5 Å². The van der Waals surface area contributed by atoms with Crippen LogP contribution in [0.3, 0.4) is 0 Å². The molecule has 2 aromatic rings. The molecule has 0 unspecified atom stereocenters. The molecule has 5 nitrogen and oxygen atoms in total. The number of hydrogen-bond donors (Lipinski definition) is 1. The number of nitrogens with one attached hydrogen (secondary N) is 1. The number of rotatable bonds is 5. The van der Waals surface area contributed by atoms with Crippen molar-refractivity contribution in [1.29, 1.82) is 5.26 Å². The Morgan fingerprint density at radius 1 is 1.25 bits per heavy atom. The first kappa shape index (κ1) is 13.8. The van der Waals surface area contributed by atoms with E-state index in [-0.39, 0.29) is 0 Å². The van der Waals surface area contributed by atoms with Crippen molar-refractivity contribution in [2.24, 2.45) is 0 Å². The highest BCUT2D eigenvalue weighted by molar-refractivity contribution is 5.48. The lowest BCUT2D eigenvalue weighted by Gasteiger charge is -2.11. The van der Waals surface area contributed by atoms with Crippen LogP contribution in [0, 0.1) is 18.3 Å². The summed E-state index contributed by atoms with van der Waals surface area (Å²) in [6, 6.07) is 9.55. The molecule has 0 aliphatic heterocycles. The molecule has 20 heavy (non-hydrogen) atoms. The Kier molecular flexibility index (Phi) is 4.51. The van der Waals surface area contributed by atoms with Gasteiger partial charge in [-0.25, -0.2) is 9.97 Å². The average molecular weight is 268 g/mol. The number of ether oxygens (including phenoxy) is 1. The van der Waals surface area contributed by atoms with Gasteiger partial charge in [-0.3, -0.25) is 0 Å². The molecule has 0 fully saturated rings. The standard InChI is InChI=1S/C15H16N4O/c1-3-20-15-11(2)14(18-10-19-15)17-9-13-6-4-12(8-16)5-7-13/h4-7,10H,3,9H2,1-2H3,(H,17,18,19). The van der Waals surface area contributed by atoms with Gasteiger partial charge in [0, 0.05) is 6.54 Å². The van der Waals surface area contributed by atoms with E-state index in [2.05, 4.69) is 21.4 Å². The lowest BCUT2D eigenvalue weighted by molar-refractivity contribution is 0.324. The van der Waals surface area contributed by atoms with E-state index in [1.807, 2.05) is 26.0 Å². The number of hydrogen-bond acceptors (Lipinski definition) is 5. The fraction of sp³-hybridized carbons (Fsp3) is 0.267. The van der Waals surface area contributed by atoms with Crippen LogP contribution in [0.4, 0.5) is 5.82 Å². The normalized spacial score (nSPS) is 9.85. The topological polar surface area (TPSA) is 70.8 Å². The zero-order chi connectivity index (χ0) is 14.4. The molecular formula is C15H16N4O. The van der Waals surface area contributed by atoms with Crippen molar-refractivity contribution in [3.05, 3.63) is 47.3 Å². The molecule has 1 aromatic heterocycles. The van der Waals surface area contributed by atoms with E-state index < -0.39 is 0 Å². The number of nitrogens with zero attached hydrogens (tertiary/aromatic N) is 3. The minimum absolute atomic E-state index is 0.576. The number of benzene rings is 1. The Bertz CT molecular complexity index is 617. The number of nitriles is 1. The van der Waals surface area contributed by atoms with Crippen molar-refractivity contribution in [1.82, 2.24) is 9.97 Å². The second-order valence-corrected chi connectivity index (χ2v) is 4.25. The van der Waals surface area contributed by atoms with Crippen molar-refractivity contribution in [3.63, 3.8) is 0 Å². The van der Waals surface area contributed by atoms with Crippen molar-refractivity contribution in [2.75, 3.05) is 11.9 Å². The first-order valence-corrected chi connectivity index (χ1v) is 6.42. The summed E-state index contributed by atoms with van der Waals surface area (Å²) in [6.07, 6.45) is 1.49. The molecule has 0 bridgehead atoms. The summed E-state index contributed by atoms with van der Waals surface area (Å²) in [7, 11) is 0. The van der Waals surface area contributed by atoms with E-state index in [4.69, 9.17) is 10.00 Å². The molecule has 0 saturated heterocycles. The zero-order valence-corrected chi connectivity index (χ0v) is 11.6. The summed E-state index contributed by atoms with van der Waals surface area (Å²) in [5.74, 6) is 1.36. The molecule has 5 heteroatoms. The van der Waals surface area contributed by atoms with Gasteiger partial charge in [0.15, 0.2) is 0 Å². The molecule has 0 atom stereocenters. The van der Waals surface area contributed by atoms with Crippen molar-refractivity contribution >= 4 is 5.82 Å². The molecule has 102 valence electrons. The van der Waals surface area contributed by atoms with E-state index in [9.17, 15) is 0 Å². The quantitative estimate of drug-likeness (QED) is 0.902. The molecule has 1 N–H and O–H groups in total. The summed E-state index contributed by atoms with van der Waals surface area (Å²) in [6.45, 7) is 5.06. The number of aromatic nitrogens is 2. The Labute approximate surface area is 118 Å². The first-order chi connectivity index (χ1) is 9.74. The molecule has 0 saturated carbocycles. The second-order valence-electron chi connectivity index (χ2n) is 4.25. The fourth-order valence-electron chi connectivity index (χ4n) is 1.78. The molecule has 0 aliphatic rings. The lowest BCUT2D eigenvalue weighted by Crippen LogP contribution is -2.06. The van der Waals surface area contributed by atoms with Gasteiger partial charge in [0.25, 0.3) is 0 Å². The van der Waals surface area contributed by atoms with Gasteiger partial charge in [-0.15, -0.1) is 0 Å². The van der Waals surface area contributed by atoms with Gasteiger partial charge in [0.2, 0.25) is 5.88 Å². The minimum Gasteiger partial charge on any atom is -0.478 e. The van der Waals surface area contributed by atoms with Crippen LogP contribution in [-0.4, -0.2) is 16.6 Å². The summed E-state index contributed by atoms with van der Waals surface area (Å²) in [4.78, 5) is 8.31. The van der Waals surface area contributed by atoms with Crippen LogP contribution in [0.25, 0.3) is 0 Å². The van der Waals surface area contributed by atoms with Crippen LogP contribution in [0.15, 0.2) is 30.6 Å². The van der Waals surface area contributed by atoms with Gasteiger partial charge in [0.1, 0.15) is 12.1 Å². The lowest BCUT2D eigenvalue weighted by atomic mass is 10.1. The predicted molar refractivity (Wildman–Crippen MR) is 76.4 cm³/mol. The minimum atomic E-state index is 0.576. The predicted octanol–water partition coefficient (Wildman–Crippen LogP) is 2.67. The molecule has 0 amide bonds.